The van der Waals surface area contributed by atoms with Crippen molar-refractivity contribution in [1.29, 1.82) is 0 Å². The topological polar surface area (TPSA) is 40.5 Å². The number of carbonyl (C=O) groups is 1. The third-order valence-corrected chi connectivity index (χ3v) is 3.75. The first kappa shape index (κ1) is 13.5. The second-order valence-electron chi connectivity index (χ2n) is 5.08. The molecule has 1 saturated heterocycles. The molecular weight excluding hydrogens is 202 g/mol. The van der Waals surface area contributed by atoms with E-state index in [2.05, 4.69) is 11.8 Å². The normalized spacial score (nSPS) is 23.1. The summed E-state index contributed by atoms with van der Waals surface area (Å²) in [7, 11) is 0. The number of rotatable bonds is 4. The lowest BCUT2D eigenvalue weighted by molar-refractivity contribution is -0.151. The zero-order chi connectivity index (χ0) is 12.0. The van der Waals surface area contributed by atoms with Crippen LogP contribution in [0, 0.1) is 0 Å². The summed E-state index contributed by atoms with van der Waals surface area (Å²) in [6.45, 7) is 5.84. The number of aliphatic carboxylic acids is 1. The largest absolute Gasteiger partial charge is 0.480 e. The van der Waals surface area contributed by atoms with E-state index in [9.17, 15) is 9.90 Å². The molecule has 3 heteroatoms. The highest BCUT2D eigenvalue weighted by Gasteiger charge is 2.38. The Balaban J connectivity index is 2.70. The van der Waals surface area contributed by atoms with E-state index in [-0.39, 0.29) is 0 Å². The Hall–Kier alpha value is -0.570. The number of nitrogens with zero attached hydrogens (tertiary/aromatic N) is 1. The molecule has 3 nitrogen and oxygen atoms in total. The lowest BCUT2D eigenvalue weighted by atomic mass is 9.92. The van der Waals surface area contributed by atoms with E-state index in [1.54, 1.807) is 0 Å². The van der Waals surface area contributed by atoms with Crippen molar-refractivity contribution in [1.82, 2.24) is 4.90 Å². The average Bonchev–Trinajstić information content (AvgIpc) is 2.16. The fourth-order valence-electron chi connectivity index (χ4n) is 2.63. The molecule has 0 aromatic heterocycles. The highest BCUT2D eigenvalue weighted by Crippen LogP contribution is 2.25. The standard InChI is InChI=1S/C13H25NO2/c1-3-9-13(2,12(15)16)14-10-7-5-4-6-8-11-14/h3-11H2,1-2H3,(H,15,16). The third-order valence-electron chi connectivity index (χ3n) is 3.75. The van der Waals surface area contributed by atoms with Crippen molar-refractivity contribution in [3.63, 3.8) is 0 Å². The Morgan fingerprint density at radius 2 is 1.69 bits per heavy atom. The summed E-state index contributed by atoms with van der Waals surface area (Å²) >= 11 is 0. The first-order valence-electron chi connectivity index (χ1n) is 6.59. The third kappa shape index (κ3) is 3.21. The number of carboxylic acid groups (broad SMARTS) is 1. The fourth-order valence-corrected chi connectivity index (χ4v) is 2.63. The van der Waals surface area contributed by atoms with Crippen molar-refractivity contribution in [3.8, 4) is 0 Å². The molecule has 0 aromatic carbocycles. The van der Waals surface area contributed by atoms with Crippen molar-refractivity contribution in [2.45, 2.75) is 64.3 Å². The van der Waals surface area contributed by atoms with Gasteiger partial charge in [0, 0.05) is 0 Å². The van der Waals surface area contributed by atoms with Crippen molar-refractivity contribution in [2.75, 3.05) is 13.1 Å². The summed E-state index contributed by atoms with van der Waals surface area (Å²) in [5.74, 6) is -0.657. The number of carboxylic acids is 1. The van der Waals surface area contributed by atoms with Crippen LogP contribution >= 0.6 is 0 Å². The molecule has 0 amide bonds. The van der Waals surface area contributed by atoms with Gasteiger partial charge in [-0.3, -0.25) is 9.69 Å². The Bertz CT molecular complexity index is 222. The molecule has 1 rings (SSSR count). The van der Waals surface area contributed by atoms with Gasteiger partial charge in [0.2, 0.25) is 0 Å². The highest BCUT2D eigenvalue weighted by molar-refractivity contribution is 5.78. The van der Waals surface area contributed by atoms with Gasteiger partial charge in [-0.1, -0.05) is 32.6 Å². The summed E-state index contributed by atoms with van der Waals surface area (Å²) in [5.41, 5.74) is -0.647. The molecule has 1 heterocycles. The van der Waals surface area contributed by atoms with Gasteiger partial charge in [-0.25, -0.2) is 0 Å². The smallest absolute Gasteiger partial charge is 0.323 e. The van der Waals surface area contributed by atoms with Crippen LogP contribution in [0.1, 0.15) is 58.8 Å². The minimum Gasteiger partial charge on any atom is -0.480 e. The van der Waals surface area contributed by atoms with Crippen LogP contribution in [0.2, 0.25) is 0 Å². The first-order chi connectivity index (χ1) is 7.61. The summed E-state index contributed by atoms with van der Waals surface area (Å²) in [4.78, 5) is 13.7. The Kier molecular flexibility index (Phi) is 5.26. The van der Waals surface area contributed by atoms with Crippen molar-refractivity contribution in [2.24, 2.45) is 0 Å². The molecule has 0 bridgehead atoms. The second-order valence-corrected chi connectivity index (χ2v) is 5.08. The van der Waals surface area contributed by atoms with Crippen LogP contribution in [0.3, 0.4) is 0 Å². The lowest BCUT2D eigenvalue weighted by Crippen LogP contribution is -2.53. The lowest BCUT2D eigenvalue weighted by Gasteiger charge is -2.39. The van der Waals surface area contributed by atoms with Crippen molar-refractivity contribution < 1.29 is 9.90 Å². The van der Waals surface area contributed by atoms with Gasteiger partial charge >= 0.3 is 5.97 Å². The molecule has 1 aliphatic rings. The maximum atomic E-state index is 11.5. The molecule has 0 radical (unpaired) electrons. The molecule has 1 aliphatic heterocycles. The van der Waals surface area contributed by atoms with Crippen LogP contribution < -0.4 is 0 Å². The predicted molar refractivity (Wildman–Crippen MR) is 65.6 cm³/mol. The second kappa shape index (κ2) is 6.24. The van der Waals surface area contributed by atoms with E-state index < -0.39 is 11.5 Å². The van der Waals surface area contributed by atoms with Gasteiger partial charge in [-0.2, -0.15) is 0 Å². The summed E-state index contributed by atoms with van der Waals surface area (Å²) in [5, 5.41) is 9.44. The van der Waals surface area contributed by atoms with Gasteiger partial charge in [0.05, 0.1) is 0 Å². The van der Waals surface area contributed by atoms with E-state index in [1.165, 1.54) is 19.3 Å². The zero-order valence-electron chi connectivity index (χ0n) is 10.7. The maximum absolute atomic E-state index is 11.5. The molecule has 94 valence electrons. The number of likely N-dealkylation sites (tertiary alicyclic amines) is 1. The van der Waals surface area contributed by atoms with Crippen LogP contribution in [0.5, 0.6) is 0 Å². The molecular formula is C13H25NO2. The van der Waals surface area contributed by atoms with E-state index in [4.69, 9.17) is 0 Å². The highest BCUT2D eigenvalue weighted by atomic mass is 16.4. The molecule has 1 atom stereocenters. The molecule has 1 N–H and O–H groups in total. The van der Waals surface area contributed by atoms with Gasteiger partial charge in [0.1, 0.15) is 5.54 Å². The molecule has 0 aliphatic carbocycles. The zero-order valence-corrected chi connectivity index (χ0v) is 10.7. The molecule has 16 heavy (non-hydrogen) atoms. The SMILES string of the molecule is CCCC(C)(C(=O)O)N1CCCCCCC1. The molecule has 0 saturated carbocycles. The van der Waals surface area contributed by atoms with E-state index in [1.807, 2.05) is 6.92 Å². The predicted octanol–water partition coefficient (Wildman–Crippen LogP) is 2.90. The minimum absolute atomic E-state index is 0.647. The van der Waals surface area contributed by atoms with Crippen molar-refractivity contribution in [3.05, 3.63) is 0 Å². The van der Waals surface area contributed by atoms with Gasteiger partial charge in [-0.15, -0.1) is 0 Å². The van der Waals surface area contributed by atoms with Crippen LogP contribution in [0.25, 0.3) is 0 Å². The van der Waals surface area contributed by atoms with E-state index >= 15 is 0 Å². The summed E-state index contributed by atoms with van der Waals surface area (Å²) in [6, 6.07) is 0. The summed E-state index contributed by atoms with van der Waals surface area (Å²) in [6.07, 6.45) is 7.78. The van der Waals surface area contributed by atoms with Crippen LogP contribution in [0.15, 0.2) is 0 Å². The fraction of sp³-hybridized carbons (Fsp3) is 0.923. The Morgan fingerprint density at radius 3 is 2.12 bits per heavy atom. The van der Waals surface area contributed by atoms with Gasteiger partial charge < -0.3 is 5.11 Å². The van der Waals surface area contributed by atoms with E-state index in [0.29, 0.717) is 0 Å². The van der Waals surface area contributed by atoms with Crippen LogP contribution in [-0.2, 0) is 4.79 Å². The molecule has 0 spiro atoms. The monoisotopic (exact) mass is 227 g/mol. The minimum atomic E-state index is -0.657. The van der Waals surface area contributed by atoms with Crippen LogP contribution in [0.4, 0.5) is 0 Å². The van der Waals surface area contributed by atoms with Gasteiger partial charge in [0.15, 0.2) is 0 Å². The van der Waals surface area contributed by atoms with Crippen molar-refractivity contribution >= 4 is 5.97 Å². The average molecular weight is 227 g/mol. The number of hydrogen-bond donors (Lipinski definition) is 1. The maximum Gasteiger partial charge on any atom is 0.323 e. The van der Waals surface area contributed by atoms with Crippen LogP contribution in [-0.4, -0.2) is 34.6 Å². The molecule has 1 fully saturated rings. The van der Waals surface area contributed by atoms with Gasteiger partial charge in [-0.05, 0) is 39.3 Å². The Morgan fingerprint density at radius 1 is 1.19 bits per heavy atom. The summed E-state index contributed by atoms with van der Waals surface area (Å²) < 4.78 is 0. The number of hydrogen-bond acceptors (Lipinski definition) is 2. The quantitative estimate of drug-likeness (QED) is 0.802. The molecule has 1 unspecified atom stereocenters. The molecule has 0 aromatic rings. The first-order valence-corrected chi connectivity index (χ1v) is 6.59. The van der Waals surface area contributed by atoms with E-state index in [0.717, 1.165) is 38.8 Å². The van der Waals surface area contributed by atoms with Gasteiger partial charge in [0.25, 0.3) is 0 Å². The Labute approximate surface area is 98.8 Å².